The molecule has 0 bridgehead atoms. The van der Waals surface area contributed by atoms with Crippen LogP contribution in [0.5, 0.6) is 5.75 Å². The second kappa shape index (κ2) is 7.28. The number of nitrogens with one attached hydrogen (secondary N) is 1. The number of carbonyl (C=O) groups excluding carboxylic acids is 1. The highest BCUT2D eigenvalue weighted by Crippen LogP contribution is 2.28. The molecule has 1 saturated carbocycles. The standard InChI is InChI=1S/C17H17Cl2NO3/c18-12-4-6-15(14(19)8-12)22-10-13-5-7-16(23-13)17(21)20-9-11-2-1-3-11/h4-8,11H,1-3,9-10H2,(H,20,21). The van der Waals surface area contributed by atoms with Crippen molar-refractivity contribution < 1.29 is 13.9 Å². The topological polar surface area (TPSA) is 51.5 Å². The van der Waals surface area contributed by atoms with Crippen LogP contribution >= 0.6 is 23.2 Å². The van der Waals surface area contributed by atoms with Gasteiger partial charge in [-0.1, -0.05) is 29.6 Å². The van der Waals surface area contributed by atoms with Crippen molar-refractivity contribution in [3.63, 3.8) is 0 Å². The van der Waals surface area contributed by atoms with Crippen LogP contribution in [-0.2, 0) is 6.61 Å². The van der Waals surface area contributed by atoms with E-state index < -0.39 is 0 Å². The van der Waals surface area contributed by atoms with Gasteiger partial charge in [0.1, 0.15) is 18.1 Å². The van der Waals surface area contributed by atoms with Gasteiger partial charge in [0.05, 0.1) is 5.02 Å². The lowest BCUT2D eigenvalue weighted by Gasteiger charge is -2.25. The van der Waals surface area contributed by atoms with Crippen molar-refractivity contribution in [1.29, 1.82) is 0 Å². The van der Waals surface area contributed by atoms with Crippen LogP contribution in [0.1, 0.15) is 35.6 Å². The molecule has 1 aliphatic rings. The first-order chi connectivity index (χ1) is 11.1. The van der Waals surface area contributed by atoms with E-state index in [0.29, 0.717) is 39.8 Å². The van der Waals surface area contributed by atoms with E-state index in [1.54, 1.807) is 30.3 Å². The van der Waals surface area contributed by atoms with Gasteiger partial charge >= 0.3 is 0 Å². The first kappa shape index (κ1) is 16.2. The molecule has 1 N–H and O–H groups in total. The van der Waals surface area contributed by atoms with E-state index in [0.717, 1.165) is 0 Å². The van der Waals surface area contributed by atoms with Gasteiger partial charge in [-0.2, -0.15) is 0 Å². The lowest BCUT2D eigenvalue weighted by Crippen LogP contribution is -2.31. The normalized spacial score (nSPS) is 14.3. The number of amides is 1. The molecule has 0 saturated heterocycles. The summed E-state index contributed by atoms with van der Waals surface area (Å²) in [5.74, 6) is 1.80. The molecular formula is C17H17Cl2NO3. The number of hydrogen-bond donors (Lipinski definition) is 1. The predicted octanol–water partition coefficient (Wildman–Crippen LogP) is 4.70. The average Bonchev–Trinajstić information content (AvgIpc) is 2.93. The molecule has 0 aliphatic heterocycles. The number of halogens is 2. The monoisotopic (exact) mass is 353 g/mol. The molecule has 0 radical (unpaired) electrons. The molecule has 0 atom stereocenters. The zero-order valence-corrected chi connectivity index (χ0v) is 14.0. The second-order valence-corrected chi connectivity index (χ2v) is 6.48. The van der Waals surface area contributed by atoms with E-state index in [-0.39, 0.29) is 12.5 Å². The summed E-state index contributed by atoms with van der Waals surface area (Å²) in [7, 11) is 0. The van der Waals surface area contributed by atoms with Crippen LogP contribution in [0.4, 0.5) is 0 Å². The number of carbonyl (C=O) groups is 1. The molecule has 0 unspecified atom stereocenters. The van der Waals surface area contributed by atoms with E-state index in [1.807, 2.05) is 0 Å². The van der Waals surface area contributed by atoms with E-state index >= 15 is 0 Å². The van der Waals surface area contributed by atoms with Crippen molar-refractivity contribution in [2.45, 2.75) is 25.9 Å². The molecule has 1 aromatic heterocycles. The minimum atomic E-state index is -0.187. The third-order valence-corrected chi connectivity index (χ3v) is 4.46. The van der Waals surface area contributed by atoms with Gasteiger partial charge in [-0.15, -0.1) is 0 Å². The Balaban J connectivity index is 1.53. The van der Waals surface area contributed by atoms with Crippen molar-refractivity contribution in [2.24, 2.45) is 5.92 Å². The van der Waals surface area contributed by atoms with Gasteiger partial charge in [-0.25, -0.2) is 0 Å². The molecule has 122 valence electrons. The van der Waals surface area contributed by atoms with Crippen LogP contribution in [0.2, 0.25) is 10.0 Å². The highest BCUT2D eigenvalue weighted by Gasteiger charge is 2.19. The summed E-state index contributed by atoms with van der Waals surface area (Å²) in [4.78, 5) is 12.0. The van der Waals surface area contributed by atoms with Gasteiger partial charge in [0.15, 0.2) is 5.76 Å². The number of ether oxygens (including phenoxy) is 1. The molecule has 6 heteroatoms. The summed E-state index contributed by atoms with van der Waals surface area (Å²) in [6.45, 7) is 0.906. The molecule has 1 fully saturated rings. The van der Waals surface area contributed by atoms with E-state index in [2.05, 4.69) is 5.32 Å². The molecule has 2 aromatic rings. The molecular weight excluding hydrogens is 337 g/mol. The fourth-order valence-corrected chi connectivity index (χ4v) is 2.80. The summed E-state index contributed by atoms with van der Waals surface area (Å²) in [5, 5.41) is 3.87. The highest BCUT2D eigenvalue weighted by atomic mass is 35.5. The Morgan fingerprint density at radius 1 is 1.26 bits per heavy atom. The fourth-order valence-electron chi connectivity index (χ4n) is 2.34. The van der Waals surface area contributed by atoms with Crippen LogP contribution in [0, 0.1) is 5.92 Å². The maximum absolute atomic E-state index is 12.0. The van der Waals surface area contributed by atoms with Crippen molar-refractivity contribution in [3.8, 4) is 5.75 Å². The lowest BCUT2D eigenvalue weighted by atomic mass is 9.85. The molecule has 1 aliphatic carbocycles. The Kier molecular flexibility index (Phi) is 5.13. The van der Waals surface area contributed by atoms with Gasteiger partial charge in [-0.3, -0.25) is 4.79 Å². The number of rotatable bonds is 6. The van der Waals surface area contributed by atoms with Crippen molar-refractivity contribution in [2.75, 3.05) is 6.54 Å². The average molecular weight is 354 g/mol. The van der Waals surface area contributed by atoms with E-state index in [9.17, 15) is 4.79 Å². The minimum Gasteiger partial charge on any atom is -0.484 e. The molecule has 23 heavy (non-hydrogen) atoms. The number of furan rings is 1. The van der Waals surface area contributed by atoms with Gasteiger partial charge < -0.3 is 14.5 Å². The number of benzene rings is 1. The Morgan fingerprint density at radius 2 is 2.09 bits per heavy atom. The van der Waals surface area contributed by atoms with Gasteiger partial charge in [0, 0.05) is 11.6 Å². The molecule has 1 aromatic carbocycles. The van der Waals surface area contributed by atoms with Gasteiger partial charge in [0.2, 0.25) is 0 Å². The lowest BCUT2D eigenvalue weighted by molar-refractivity contribution is 0.0907. The maximum Gasteiger partial charge on any atom is 0.287 e. The Labute approximate surface area is 144 Å². The summed E-state index contributed by atoms with van der Waals surface area (Å²) in [5.41, 5.74) is 0. The third-order valence-electron chi connectivity index (χ3n) is 3.93. The first-order valence-corrected chi connectivity index (χ1v) is 8.32. The highest BCUT2D eigenvalue weighted by molar-refractivity contribution is 6.35. The molecule has 1 amide bonds. The van der Waals surface area contributed by atoms with Crippen molar-refractivity contribution in [1.82, 2.24) is 5.32 Å². The second-order valence-electron chi connectivity index (χ2n) is 5.64. The van der Waals surface area contributed by atoms with E-state index in [1.165, 1.54) is 19.3 Å². The Hall–Kier alpha value is -1.65. The predicted molar refractivity (Wildman–Crippen MR) is 89.2 cm³/mol. The molecule has 1 heterocycles. The maximum atomic E-state index is 12.0. The Bertz CT molecular complexity index is 695. The van der Waals surface area contributed by atoms with Gasteiger partial charge in [0.25, 0.3) is 5.91 Å². The van der Waals surface area contributed by atoms with Crippen LogP contribution in [0.15, 0.2) is 34.7 Å². The van der Waals surface area contributed by atoms with Crippen LogP contribution in [-0.4, -0.2) is 12.5 Å². The largest absolute Gasteiger partial charge is 0.484 e. The minimum absolute atomic E-state index is 0.187. The zero-order chi connectivity index (χ0) is 16.2. The number of hydrogen-bond acceptors (Lipinski definition) is 3. The van der Waals surface area contributed by atoms with Crippen LogP contribution in [0.3, 0.4) is 0 Å². The molecule has 4 nitrogen and oxygen atoms in total. The van der Waals surface area contributed by atoms with Crippen LogP contribution in [0.25, 0.3) is 0 Å². The smallest absolute Gasteiger partial charge is 0.287 e. The third kappa shape index (κ3) is 4.21. The summed E-state index contributed by atoms with van der Waals surface area (Å²) in [6, 6.07) is 8.38. The van der Waals surface area contributed by atoms with Crippen molar-refractivity contribution >= 4 is 29.1 Å². The molecule has 3 rings (SSSR count). The van der Waals surface area contributed by atoms with Crippen LogP contribution < -0.4 is 10.1 Å². The summed E-state index contributed by atoms with van der Waals surface area (Å²) in [6.07, 6.45) is 3.65. The quantitative estimate of drug-likeness (QED) is 0.818. The fraction of sp³-hybridized carbons (Fsp3) is 0.353. The SMILES string of the molecule is O=C(NCC1CCC1)c1ccc(COc2ccc(Cl)cc2Cl)o1. The zero-order valence-electron chi connectivity index (χ0n) is 12.5. The Morgan fingerprint density at radius 3 is 2.78 bits per heavy atom. The first-order valence-electron chi connectivity index (χ1n) is 7.56. The van der Waals surface area contributed by atoms with Crippen molar-refractivity contribution in [3.05, 3.63) is 51.9 Å². The van der Waals surface area contributed by atoms with E-state index in [4.69, 9.17) is 32.4 Å². The summed E-state index contributed by atoms with van der Waals surface area (Å²) >= 11 is 11.9. The van der Waals surface area contributed by atoms with Gasteiger partial charge in [-0.05, 0) is 49.1 Å². The molecule has 0 spiro atoms. The summed E-state index contributed by atoms with van der Waals surface area (Å²) < 4.78 is 11.1.